The summed E-state index contributed by atoms with van der Waals surface area (Å²) in [5, 5.41) is 17.8. The van der Waals surface area contributed by atoms with Crippen molar-refractivity contribution in [3.63, 3.8) is 0 Å². The van der Waals surface area contributed by atoms with Gasteiger partial charge in [-0.3, -0.25) is 24.4 Å². The number of nitrogens with one attached hydrogen (secondary N) is 1. The van der Waals surface area contributed by atoms with Crippen LogP contribution in [0.15, 0.2) is 12.1 Å². The summed E-state index contributed by atoms with van der Waals surface area (Å²) in [4.78, 5) is 35.3. The van der Waals surface area contributed by atoms with Gasteiger partial charge in [0, 0.05) is 18.3 Å². The van der Waals surface area contributed by atoms with Crippen molar-refractivity contribution >= 4 is 28.7 Å². The summed E-state index contributed by atoms with van der Waals surface area (Å²) in [7, 11) is 0. The third kappa shape index (κ3) is 4.05. The summed E-state index contributed by atoms with van der Waals surface area (Å²) in [5.74, 6) is -0.236. The zero-order chi connectivity index (χ0) is 17.9. The van der Waals surface area contributed by atoms with Gasteiger partial charge in [0.05, 0.1) is 9.80 Å². The SMILES string of the molecule is CC(=O)NCCc1ccc(C(=O)Cn2nc(C)c([N+](=O)[O-])c2C)s1. The number of amides is 1. The number of carbonyl (C=O) groups is 2. The number of nitro groups is 1. The van der Waals surface area contributed by atoms with Crippen LogP contribution >= 0.6 is 11.3 Å². The molecule has 2 heterocycles. The fraction of sp³-hybridized carbons (Fsp3) is 0.400. The van der Waals surface area contributed by atoms with E-state index in [0.717, 1.165) is 4.88 Å². The number of nitrogens with zero attached hydrogens (tertiary/aromatic N) is 3. The molecule has 0 saturated heterocycles. The second kappa shape index (κ2) is 7.35. The zero-order valence-corrected chi connectivity index (χ0v) is 14.5. The number of rotatable bonds is 7. The number of Topliss-reactive ketones (excluding diaryl/α,β-unsaturated/α-hetero) is 1. The van der Waals surface area contributed by atoms with Crippen LogP contribution in [0.1, 0.15) is 32.9 Å². The number of carbonyl (C=O) groups excluding carboxylic acids is 2. The van der Waals surface area contributed by atoms with Gasteiger partial charge in [0.2, 0.25) is 5.91 Å². The van der Waals surface area contributed by atoms with Gasteiger partial charge in [0.15, 0.2) is 5.78 Å². The van der Waals surface area contributed by atoms with Gasteiger partial charge in [-0.1, -0.05) is 0 Å². The molecule has 0 radical (unpaired) electrons. The molecule has 0 fully saturated rings. The van der Waals surface area contributed by atoms with Crippen LogP contribution in [0.2, 0.25) is 0 Å². The van der Waals surface area contributed by atoms with E-state index in [9.17, 15) is 19.7 Å². The Morgan fingerprint density at radius 3 is 2.67 bits per heavy atom. The Morgan fingerprint density at radius 2 is 2.08 bits per heavy atom. The van der Waals surface area contributed by atoms with Crippen LogP contribution in [-0.2, 0) is 17.8 Å². The van der Waals surface area contributed by atoms with E-state index in [2.05, 4.69) is 10.4 Å². The van der Waals surface area contributed by atoms with Gasteiger partial charge in [0.25, 0.3) is 0 Å². The lowest BCUT2D eigenvalue weighted by molar-refractivity contribution is -0.386. The van der Waals surface area contributed by atoms with E-state index in [1.54, 1.807) is 19.9 Å². The summed E-state index contributed by atoms with van der Waals surface area (Å²) in [6, 6.07) is 3.58. The molecule has 0 bridgehead atoms. The highest BCUT2D eigenvalue weighted by Gasteiger charge is 2.23. The molecule has 0 aliphatic rings. The third-order valence-electron chi connectivity index (χ3n) is 3.50. The lowest BCUT2D eigenvalue weighted by Crippen LogP contribution is -2.22. The van der Waals surface area contributed by atoms with E-state index in [-0.39, 0.29) is 23.9 Å². The molecule has 24 heavy (non-hydrogen) atoms. The van der Waals surface area contributed by atoms with E-state index < -0.39 is 4.92 Å². The Kier molecular flexibility index (Phi) is 5.45. The summed E-state index contributed by atoms with van der Waals surface area (Å²) in [6.45, 7) is 5.08. The second-order valence-electron chi connectivity index (χ2n) is 5.36. The van der Waals surface area contributed by atoms with Gasteiger partial charge in [0.1, 0.15) is 17.9 Å². The Bertz CT molecular complexity index is 793. The fourth-order valence-corrected chi connectivity index (χ4v) is 3.28. The minimum atomic E-state index is -0.482. The van der Waals surface area contributed by atoms with Crippen molar-refractivity contribution in [2.24, 2.45) is 0 Å². The van der Waals surface area contributed by atoms with Gasteiger partial charge in [-0.2, -0.15) is 5.10 Å². The first-order valence-corrected chi connectivity index (χ1v) is 8.16. The standard InChI is InChI=1S/C15H18N4O4S/c1-9-15(19(22)23)10(2)18(17-9)8-13(21)14-5-4-12(24-14)6-7-16-11(3)20/h4-5H,6-8H2,1-3H3,(H,16,20). The minimum absolute atomic E-state index is 0.0356. The predicted octanol–water partition coefficient (Wildman–Crippen LogP) is 2.03. The number of aromatic nitrogens is 2. The van der Waals surface area contributed by atoms with E-state index in [1.165, 1.54) is 22.9 Å². The molecule has 0 unspecified atom stereocenters. The van der Waals surface area contributed by atoms with Gasteiger partial charge < -0.3 is 5.32 Å². The van der Waals surface area contributed by atoms with E-state index in [0.29, 0.717) is 29.2 Å². The maximum atomic E-state index is 12.4. The molecule has 1 amide bonds. The van der Waals surface area contributed by atoms with Crippen molar-refractivity contribution in [3.8, 4) is 0 Å². The topological polar surface area (TPSA) is 107 Å². The molecule has 9 heteroatoms. The maximum Gasteiger partial charge on any atom is 0.312 e. The van der Waals surface area contributed by atoms with Crippen LogP contribution in [0.5, 0.6) is 0 Å². The van der Waals surface area contributed by atoms with Crippen LogP contribution < -0.4 is 5.32 Å². The van der Waals surface area contributed by atoms with Crippen molar-refractivity contribution in [2.75, 3.05) is 6.54 Å². The number of hydrogen-bond acceptors (Lipinski definition) is 6. The molecule has 0 spiro atoms. The highest BCUT2D eigenvalue weighted by molar-refractivity contribution is 7.14. The second-order valence-corrected chi connectivity index (χ2v) is 6.52. The molecule has 0 aliphatic carbocycles. The zero-order valence-electron chi connectivity index (χ0n) is 13.7. The maximum absolute atomic E-state index is 12.4. The Labute approximate surface area is 142 Å². The van der Waals surface area contributed by atoms with Crippen molar-refractivity contribution in [2.45, 2.75) is 33.7 Å². The fourth-order valence-electron chi connectivity index (χ4n) is 2.34. The van der Waals surface area contributed by atoms with Gasteiger partial charge >= 0.3 is 5.69 Å². The number of ketones is 1. The first kappa shape index (κ1) is 17.8. The molecule has 2 aromatic heterocycles. The van der Waals surface area contributed by atoms with E-state index in [1.807, 2.05) is 6.07 Å². The van der Waals surface area contributed by atoms with Gasteiger partial charge in [-0.05, 0) is 32.4 Å². The first-order chi connectivity index (χ1) is 11.3. The number of thiophene rings is 1. The van der Waals surface area contributed by atoms with Crippen LogP contribution in [0.3, 0.4) is 0 Å². The summed E-state index contributed by atoms with van der Waals surface area (Å²) in [5.41, 5.74) is 0.616. The smallest absolute Gasteiger partial charge is 0.312 e. The lowest BCUT2D eigenvalue weighted by Gasteiger charge is -2.01. The molecular formula is C15H18N4O4S. The van der Waals surface area contributed by atoms with Crippen LogP contribution in [0, 0.1) is 24.0 Å². The van der Waals surface area contributed by atoms with Crippen molar-refractivity contribution < 1.29 is 14.5 Å². The quantitative estimate of drug-likeness (QED) is 0.467. The van der Waals surface area contributed by atoms with E-state index in [4.69, 9.17) is 0 Å². The highest BCUT2D eigenvalue weighted by atomic mass is 32.1. The lowest BCUT2D eigenvalue weighted by atomic mass is 10.3. The molecule has 0 aromatic carbocycles. The molecular weight excluding hydrogens is 332 g/mol. The number of hydrogen-bond donors (Lipinski definition) is 1. The predicted molar refractivity (Wildman–Crippen MR) is 89.4 cm³/mol. The van der Waals surface area contributed by atoms with Gasteiger partial charge in [-0.25, -0.2) is 0 Å². The average molecular weight is 350 g/mol. The summed E-state index contributed by atoms with van der Waals surface area (Å²) < 4.78 is 1.37. The molecule has 2 aromatic rings. The normalized spacial score (nSPS) is 10.6. The monoisotopic (exact) mass is 350 g/mol. The Morgan fingerprint density at radius 1 is 1.38 bits per heavy atom. The Balaban J connectivity index is 2.05. The van der Waals surface area contributed by atoms with Crippen LogP contribution in [0.25, 0.3) is 0 Å². The minimum Gasteiger partial charge on any atom is -0.356 e. The summed E-state index contributed by atoms with van der Waals surface area (Å²) >= 11 is 1.36. The molecule has 8 nitrogen and oxygen atoms in total. The summed E-state index contributed by atoms with van der Waals surface area (Å²) in [6.07, 6.45) is 0.656. The molecule has 0 atom stereocenters. The number of aryl methyl sites for hydroxylation is 1. The van der Waals surface area contributed by atoms with E-state index >= 15 is 0 Å². The molecule has 0 aliphatic heterocycles. The van der Waals surface area contributed by atoms with Crippen LogP contribution in [-0.4, -0.2) is 32.9 Å². The average Bonchev–Trinajstić information content (AvgIpc) is 3.04. The Hall–Kier alpha value is -2.55. The highest BCUT2D eigenvalue weighted by Crippen LogP contribution is 2.23. The molecule has 2 rings (SSSR count). The molecule has 128 valence electrons. The van der Waals surface area contributed by atoms with Crippen LogP contribution in [0.4, 0.5) is 5.69 Å². The van der Waals surface area contributed by atoms with Crippen molar-refractivity contribution in [1.29, 1.82) is 0 Å². The largest absolute Gasteiger partial charge is 0.356 e. The van der Waals surface area contributed by atoms with Crippen molar-refractivity contribution in [3.05, 3.63) is 43.4 Å². The van der Waals surface area contributed by atoms with Gasteiger partial charge in [-0.15, -0.1) is 11.3 Å². The van der Waals surface area contributed by atoms with Crippen molar-refractivity contribution in [1.82, 2.24) is 15.1 Å². The first-order valence-electron chi connectivity index (χ1n) is 7.34. The molecule has 0 saturated carbocycles. The molecule has 1 N–H and O–H groups in total. The third-order valence-corrected chi connectivity index (χ3v) is 4.69.